The Bertz CT molecular complexity index is 1030. The Morgan fingerprint density at radius 3 is 2.54 bits per heavy atom. The minimum atomic E-state index is -3.99. The van der Waals surface area contributed by atoms with Crippen LogP contribution in [0.1, 0.15) is 0 Å². The third kappa shape index (κ3) is 5.03. The molecule has 2 rings (SSSR count). The van der Waals surface area contributed by atoms with Gasteiger partial charge in [0.2, 0.25) is 15.9 Å². The van der Waals surface area contributed by atoms with Crippen molar-refractivity contribution >= 4 is 56.2 Å². The lowest BCUT2D eigenvalue weighted by Gasteiger charge is -2.23. The Morgan fingerprint density at radius 2 is 1.96 bits per heavy atom. The predicted molar refractivity (Wildman–Crippen MR) is 107 cm³/mol. The number of carbonyl (C=O) groups excluding carboxylic acids is 1. The van der Waals surface area contributed by atoms with E-state index >= 15 is 0 Å². The number of nitro groups is 1. The molecule has 0 atom stereocenters. The number of benzene rings is 2. The quantitative estimate of drug-likeness (QED) is 0.513. The van der Waals surface area contributed by atoms with Gasteiger partial charge in [-0.25, -0.2) is 8.42 Å². The number of amides is 1. The van der Waals surface area contributed by atoms with Crippen LogP contribution >= 0.6 is 23.2 Å². The van der Waals surface area contributed by atoms with E-state index in [0.717, 1.165) is 18.4 Å². The topological polar surface area (TPSA) is 119 Å². The lowest BCUT2D eigenvalue weighted by atomic mass is 10.2. The largest absolute Gasteiger partial charge is 0.495 e. The molecule has 0 fully saturated rings. The number of nitro benzene ring substituents is 1. The van der Waals surface area contributed by atoms with E-state index in [0.29, 0.717) is 4.31 Å². The number of nitrogens with one attached hydrogen (secondary N) is 1. The van der Waals surface area contributed by atoms with Gasteiger partial charge in [0.05, 0.1) is 34.0 Å². The average molecular weight is 448 g/mol. The summed E-state index contributed by atoms with van der Waals surface area (Å²) >= 11 is 11.9. The van der Waals surface area contributed by atoms with Gasteiger partial charge in [0.25, 0.3) is 5.69 Å². The summed E-state index contributed by atoms with van der Waals surface area (Å²) in [5, 5.41) is 13.8. The van der Waals surface area contributed by atoms with Gasteiger partial charge in [0, 0.05) is 12.1 Å². The van der Waals surface area contributed by atoms with Gasteiger partial charge in [0.1, 0.15) is 18.0 Å². The van der Waals surface area contributed by atoms with Gasteiger partial charge in [-0.05, 0) is 18.2 Å². The average Bonchev–Trinajstić information content (AvgIpc) is 2.62. The van der Waals surface area contributed by atoms with Gasteiger partial charge < -0.3 is 10.1 Å². The van der Waals surface area contributed by atoms with Crippen molar-refractivity contribution in [1.82, 2.24) is 0 Å². The van der Waals surface area contributed by atoms with E-state index in [-0.39, 0.29) is 32.9 Å². The van der Waals surface area contributed by atoms with Gasteiger partial charge in [-0.1, -0.05) is 29.3 Å². The van der Waals surface area contributed by atoms with E-state index in [2.05, 4.69) is 5.32 Å². The van der Waals surface area contributed by atoms with Crippen LogP contribution in [0.4, 0.5) is 17.1 Å². The van der Waals surface area contributed by atoms with Crippen molar-refractivity contribution in [2.75, 3.05) is 29.5 Å². The fourth-order valence-electron chi connectivity index (χ4n) is 2.29. The maximum Gasteiger partial charge on any atom is 0.271 e. The monoisotopic (exact) mass is 447 g/mol. The zero-order valence-electron chi connectivity index (χ0n) is 14.7. The number of methoxy groups -OCH3 is 1. The van der Waals surface area contributed by atoms with E-state index in [9.17, 15) is 23.3 Å². The summed E-state index contributed by atoms with van der Waals surface area (Å²) in [7, 11) is -2.71. The van der Waals surface area contributed by atoms with Gasteiger partial charge in [-0.3, -0.25) is 19.2 Å². The first-order valence-electron chi connectivity index (χ1n) is 7.58. The first-order chi connectivity index (χ1) is 13.0. The highest BCUT2D eigenvalue weighted by atomic mass is 35.5. The highest BCUT2D eigenvalue weighted by molar-refractivity contribution is 7.92. The number of rotatable bonds is 7. The lowest BCUT2D eigenvalue weighted by Crippen LogP contribution is -2.37. The van der Waals surface area contributed by atoms with Gasteiger partial charge >= 0.3 is 0 Å². The predicted octanol–water partition coefficient (Wildman–Crippen LogP) is 3.31. The second kappa shape index (κ2) is 8.63. The second-order valence-electron chi connectivity index (χ2n) is 5.53. The molecule has 1 amide bonds. The van der Waals surface area contributed by atoms with E-state index in [1.165, 1.54) is 25.3 Å². The summed E-state index contributed by atoms with van der Waals surface area (Å²) in [6, 6.07) is 7.99. The molecule has 0 saturated carbocycles. The van der Waals surface area contributed by atoms with Crippen LogP contribution in [0.2, 0.25) is 10.0 Å². The molecule has 0 unspecified atom stereocenters. The van der Waals surface area contributed by atoms with Crippen molar-refractivity contribution in [1.29, 1.82) is 0 Å². The van der Waals surface area contributed by atoms with Crippen LogP contribution in [0.3, 0.4) is 0 Å². The summed E-state index contributed by atoms with van der Waals surface area (Å²) in [5.41, 5.74) is -0.312. The van der Waals surface area contributed by atoms with Gasteiger partial charge in [0.15, 0.2) is 0 Å². The molecule has 0 heterocycles. The zero-order chi connectivity index (χ0) is 21.1. The number of ether oxygens (including phenoxy) is 1. The molecule has 0 aliphatic heterocycles. The Hall–Kier alpha value is -2.56. The summed E-state index contributed by atoms with van der Waals surface area (Å²) in [6.07, 6.45) is 0.866. The number of sulfonamides is 1. The summed E-state index contributed by atoms with van der Waals surface area (Å²) in [5.74, 6) is -0.687. The number of nitrogens with zero attached hydrogens (tertiary/aromatic N) is 2. The fraction of sp³-hybridized carbons (Fsp3) is 0.188. The van der Waals surface area contributed by atoms with Gasteiger partial charge in [-0.15, -0.1) is 0 Å². The molecule has 1 N–H and O–H groups in total. The molecule has 2 aromatic rings. The SMILES string of the molecule is COc1ccc([N+](=O)[O-])cc1N(CC(=O)Nc1cccc(Cl)c1Cl)S(C)(=O)=O. The van der Waals surface area contributed by atoms with Crippen molar-refractivity contribution in [2.45, 2.75) is 0 Å². The number of carbonyl (C=O) groups is 1. The Kier molecular flexibility index (Phi) is 6.70. The van der Waals surface area contributed by atoms with Crippen LogP contribution < -0.4 is 14.4 Å². The van der Waals surface area contributed by atoms with Crippen LogP contribution in [0, 0.1) is 10.1 Å². The summed E-state index contributed by atoms with van der Waals surface area (Å²) < 4.78 is 30.3. The van der Waals surface area contributed by atoms with Crippen LogP contribution in [0.5, 0.6) is 5.75 Å². The Labute approximate surface area is 171 Å². The smallest absolute Gasteiger partial charge is 0.271 e. The summed E-state index contributed by atoms with van der Waals surface area (Å²) in [4.78, 5) is 22.8. The molecule has 0 spiro atoms. The molecular formula is C16H15Cl2N3O6S. The first kappa shape index (κ1) is 21.7. The minimum absolute atomic E-state index is 0.0459. The van der Waals surface area contributed by atoms with Crippen LogP contribution in [-0.4, -0.2) is 39.2 Å². The number of non-ortho nitro benzene ring substituents is 1. The third-order valence-corrected chi connectivity index (χ3v) is 5.50. The lowest BCUT2D eigenvalue weighted by molar-refractivity contribution is -0.384. The number of hydrogen-bond acceptors (Lipinski definition) is 6. The van der Waals surface area contributed by atoms with E-state index in [1.54, 1.807) is 6.07 Å². The molecule has 12 heteroatoms. The van der Waals surface area contributed by atoms with Crippen molar-refractivity contribution in [3.05, 3.63) is 56.6 Å². The molecule has 0 radical (unpaired) electrons. The molecule has 0 saturated heterocycles. The van der Waals surface area contributed by atoms with Crippen molar-refractivity contribution in [3.8, 4) is 5.75 Å². The molecular weight excluding hydrogens is 433 g/mol. The zero-order valence-corrected chi connectivity index (χ0v) is 17.0. The molecule has 0 aliphatic carbocycles. The van der Waals surface area contributed by atoms with Crippen LogP contribution in [-0.2, 0) is 14.8 Å². The van der Waals surface area contributed by atoms with Crippen molar-refractivity contribution in [3.63, 3.8) is 0 Å². The maximum atomic E-state index is 12.4. The molecule has 0 bridgehead atoms. The molecule has 9 nitrogen and oxygen atoms in total. The highest BCUT2D eigenvalue weighted by Crippen LogP contribution is 2.34. The first-order valence-corrected chi connectivity index (χ1v) is 10.2. The Balaban J connectivity index is 2.40. The molecule has 0 aromatic heterocycles. The fourth-order valence-corrected chi connectivity index (χ4v) is 3.49. The molecule has 2 aromatic carbocycles. The van der Waals surface area contributed by atoms with Crippen molar-refractivity contribution < 1.29 is 22.9 Å². The standard InChI is InChI=1S/C16H15Cl2N3O6S/c1-27-14-7-6-10(21(23)24)8-13(14)20(28(2,25)26)9-15(22)19-12-5-3-4-11(17)16(12)18/h3-8H,9H2,1-2H3,(H,19,22). The molecule has 28 heavy (non-hydrogen) atoms. The second-order valence-corrected chi connectivity index (χ2v) is 8.22. The Morgan fingerprint density at radius 1 is 1.29 bits per heavy atom. The van der Waals surface area contributed by atoms with Crippen LogP contribution in [0.15, 0.2) is 36.4 Å². The minimum Gasteiger partial charge on any atom is -0.495 e. The van der Waals surface area contributed by atoms with E-state index in [1.807, 2.05) is 0 Å². The number of hydrogen-bond donors (Lipinski definition) is 1. The van der Waals surface area contributed by atoms with Crippen LogP contribution in [0.25, 0.3) is 0 Å². The normalized spacial score (nSPS) is 11.0. The van der Waals surface area contributed by atoms with E-state index < -0.39 is 27.4 Å². The number of anilines is 2. The highest BCUT2D eigenvalue weighted by Gasteiger charge is 2.26. The maximum absolute atomic E-state index is 12.4. The molecule has 150 valence electrons. The van der Waals surface area contributed by atoms with E-state index in [4.69, 9.17) is 27.9 Å². The van der Waals surface area contributed by atoms with Crippen molar-refractivity contribution in [2.24, 2.45) is 0 Å². The summed E-state index contributed by atoms with van der Waals surface area (Å²) in [6.45, 7) is -0.667. The number of halogens is 2. The third-order valence-electron chi connectivity index (χ3n) is 3.56. The molecule has 0 aliphatic rings. The van der Waals surface area contributed by atoms with Gasteiger partial charge in [-0.2, -0.15) is 0 Å².